The Kier molecular flexibility index (Phi) is 5.77. The van der Waals surface area contributed by atoms with Gasteiger partial charge in [-0.3, -0.25) is 4.79 Å². The van der Waals surface area contributed by atoms with E-state index in [0.717, 1.165) is 6.07 Å². The molecule has 1 aromatic carbocycles. The van der Waals surface area contributed by atoms with Gasteiger partial charge in [0.05, 0.1) is 14.2 Å². The van der Waals surface area contributed by atoms with Crippen molar-refractivity contribution in [3.05, 3.63) is 29.6 Å². The van der Waals surface area contributed by atoms with Gasteiger partial charge < -0.3 is 15.2 Å². The van der Waals surface area contributed by atoms with Crippen molar-refractivity contribution < 1.29 is 18.7 Å². The maximum absolute atomic E-state index is 13.4. The van der Waals surface area contributed by atoms with Crippen molar-refractivity contribution in [1.82, 2.24) is 0 Å². The molecule has 2 N–H and O–H groups in total. The third kappa shape index (κ3) is 3.08. The third-order valence-corrected chi connectivity index (χ3v) is 2.00. The van der Waals surface area contributed by atoms with Crippen LogP contribution >= 0.6 is 12.4 Å². The van der Waals surface area contributed by atoms with Crippen LogP contribution in [0.5, 0.6) is 5.75 Å². The number of hydrogen-bond donors (Lipinski definition) is 1. The Morgan fingerprint density at radius 1 is 1.44 bits per heavy atom. The predicted octanol–water partition coefficient (Wildman–Crippen LogP) is 1.43. The fraction of sp³-hybridized carbons (Fsp3) is 0.300. The fourth-order valence-corrected chi connectivity index (χ4v) is 1.14. The Hall–Kier alpha value is -1.33. The van der Waals surface area contributed by atoms with Gasteiger partial charge in [0.25, 0.3) is 0 Å². The standard InChI is InChI=1S/C10H12FNO3.ClH/c1-14-6-3-4-7(8(11)5-6)9(12)10(13)15-2;/h3-5,9H,12H2,1-2H3;1H/t9-;/m1./s1. The van der Waals surface area contributed by atoms with Gasteiger partial charge in [0.2, 0.25) is 0 Å². The highest BCUT2D eigenvalue weighted by molar-refractivity contribution is 5.85. The van der Waals surface area contributed by atoms with E-state index in [0.29, 0.717) is 5.75 Å². The Morgan fingerprint density at radius 2 is 2.06 bits per heavy atom. The van der Waals surface area contributed by atoms with E-state index in [4.69, 9.17) is 10.5 Å². The Bertz CT molecular complexity index is 373. The van der Waals surface area contributed by atoms with Crippen molar-refractivity contribution in [1.29, 1.82) is 0 Å². The molecule has 0 spiro atoms. The number of methoxy groups -OCH3 is 2. The minimum atomic E-state index is -1.11. The van der Waals surface area contributed by atoms with E-state index in [9.17, 15) is 9.18 Å². The molecule has 90 valence electrons. The smallest absolute Gasteiger partial charge is 0.327 e. The summed E-state index contributed by atoms with van der Waals surface area (Å²) in [7, 11) is 2.62. The summed E-state index contributed by atoms with van der Waals surface area (Å²) in [6.45, 7) is 0. The zero-order valence-corrected chi connectivity index (χ0v) is 9.71. The molecule has 0 aliphatic carbocycles. The molecule has 0 saturated carbocycles. The number of hydrogen-bond acceptors (Lipinski definition) is 4. The first-order valence-electron chi connectivity index (χ1n) is 4.27. The molecule has 0 aromatic heterocycles. The molecule has 0 fully saturated rings. The summed E-state index contributed by atoms with van der Waals surface area (Å²) in [4.78, 5) is 11.1. The summed E-state index contributed by atoms with van der Waals surface area (Å²) in [6, 6.07) is 2.98. The normalized spacial score (nSPS) is 11.2. The van der Waals surface area contributed by atoms with Gasteiger partial charge in [0.15, 0.2) is 0 Å². The van der Waals surface area contributed by atoms with Crippen LogP contribution < -0.4 is 10.5 Å². The van der Waals surface area contributed by atoms with Crippen LogP contribution in [0.2, 0.25) is 0 Å². The number of esters is 1. The fourth-order valence-electron chi connectivity index (χ4n) is 1.14. The van der Waals surface area contributed by atoms with Crippen molar-refractivity contribution in [2.24, 2.45) is 5.73 Å². The van der Waals surface area contributed by atoms with Crippen molar-refractivity contribution in [3.63, 3.8) is 0 Å². The second-order valence-electron chi connectivity index (χ2n) is 2.89. The molecular weight excluding hydrogens is 237 g/mol. The van der Waals surface area contributed by atoms with Gasteiger partial charge in [-0.15, -0.1) is 12.4 Å². The van der Waals surface area contributed by atoms with E-state index in [-0.39, 0.29) is 18.0 Å². The van der Waals surface area contributed by atoms with E-state index in [2.05, 4.69) is 4.74 Å². The molecule has 1 atom stereocenters. The van der Waals surface area contributed by atoms with Crippen molar-refractivity contribution >= 4 is 18.4 Å². The van der Waals surface area contributed by atoms with Gasteiger partial charge in [0.1, 0.15) is 17.6 Å². The first-order chi connectivity index (χ1) is 7.10. The minimum absolute atomic E-state index is 0. The summed E-state index contributed by atoms with van der Waals surface area (Å²) < 4.78 is 22.7. The van der Waals surface area contributed by atoms with Gasteiger partial charge in [-0.2, -0.15) is 0 Å². The van der Waals surface area contributed by atoms with Crippen LogP contribution in [0.25, 0.3) is 0 Å². The number of ether oxygens (including phenoxy) is 2. The Labute approximate surface area is 98.9 Å². The topological polar surface area (TPSA) is 61.5 Å². The molecule has 6 heteroatoms. The summed E-state index contributed by atoms with van der Waals surface area (Å²) in [5, 5.41) is 0. The van der Waals surface area contributed by atoms with E-state index < -0.39 is 17.8 Å². The number of nitrogens with two attached hydrogens (primary N) is 1. The van der Waals surface area contributed by atoms with E-state index in [1.54, 1.807) is 0 Å². The van der Waals surface area contributed by atoms with Crippen molar-refractivity contribution in [2.75, 3.05) is 14.2 Å². The maximum Gasteiger partial charge on any atom is 0.327 e. The average molecular weight is 250 g/mol. The molecule has 16 heavy (non-hydrogen) atoms. The molecule has 0 bridgehead atoms. The maximum atomic E-state index is 13.4. The van der Waals surface area contributed by atoms with Crippen molar-refractivity contribution in [2.45, 2.75) is 6.04 Å². The van der Waals surface area contributed by atoms with Crippen LogP contribution in [0.15, 0.2) is 18.2 Å². The van der Waals surface area contributed by atoms with Crippen molar-refractivity contribution in [3.8, 4) is 5.75 Å². The lowest BCUT2D eigenvalue weighted by molar-refractivity contribution is -0.142. The largest absolute Gasteiger partial charge is 0.497 e. The number of benzene rings is 1. The second-order valence-corrected chi connectivity index (χ2v) is 2.89. The quantitative estimate of drug-likeness (QED) is 0.824. The van der Waals surface area contributed by atoms with Crippen LogP contribution in [0, 0.1) is 5.82 Å². The number of carbonyl (C=O) groups is 1. The highest BCUT2D eigenvalue weighted by Crippen LogP contribution is 2.21. The zero-order valence-electron chi connectivity index (χ0n) is 8.90. The molecule has 1 rings (SSSR count). The highest BCUT2D eigenvalue weighted by Gasteiger charge is 2.20. The summed E-state index contributed by atoms with van der Waals surface area (Å²) in [5.41, 5.74) is 5.57. The van der Waals surface area contributed by atoms with Gasteiger partial charge in [-0.05, 0) is 6.07 Å². The third-order valence-electron chi connectivity index (χ3n) is 2.00. The predicted molar refractivity (Wildman–Crippen MR) is 59.1 cm³/mol. The Balaban J connectivity index is 0.00000225. The molecule has 0 aliphatic rings. The van der Waals surface area contributed by atoms with Crippen LogP contribution in [0.4, 0.5) is 4.39 Å². The van der Waals surface area contributed by atoms with Gasteiger partial charge in [0, 0.05) is 11.6 Å². The second kappa shape index (κ2) is 6.30. The lowest BCUT2D eigenvalue weighted by Crippen LogP contribution is -2.23. The van der Waals surface area contributed by atoms with Gasteiger partial charge in [-0.25, -0.2) is 4.39 Å². The van der Waals surface area contributed by atoms with Gasteiger partial charge in [-0.1, -0.05) is 6.07 Å². The van der Waals surface area contributed by atoms with Crippen LogP contribution in [0.1, 0.15) is 11.6 Å². The molecule has 0 aliphatic heterocycles. The summed E-state index contributed by atoms with van der Waals surface area (Å²) in [5.74, 6) is -0.903. The van der Waals surface area contributed by atoms with E-state index in [1.807, 2.05) is 0 Å². The average Bonchev–Trinajstić information content (AvgIpc) is 2.26. The molecular formula is C10H13ClFNO3. The van der Waals surface area contributed by atoms with E-state index >= 15 is 0 Å². The zero-order chi connectivity index (χ0) is 11.4. The molecule has 0 amide bonds. The van der Waals surface area contributed by atoms with Crippen LogP contribution in [-0.2, 0) is 9.53 Å². The molecule has 0 saturated heterocycles. The summed E-state index contributed by atoms with van der Waals surface area (Å²) >= 11 is 0. The number of halogens is 2. The van der Waals surface area contributed by atoms with Gasteiger partial charge >= 0.3 is 5.97 Å². The molecule has 0 radical (unpaired) electrons. The number of carbonyl (C=O) groups excluding carboxylic acids is 1. The lowest BCUT2D eigenvalue weighted by Gasteiger charge is -2.11. The number of rotatable bonds is 3. The monoisotopic (exact) mass is 249 g/mol. The molecule has 0 heterocycles. The van der Waals surface area contributed by atoms with Crippen LogP contribution in [-0.4, -0.2) is 20.2 Å². The van der Waals surface area contributed by atoms with E-state index in [1.165, 1.54) is 26.4 Å². The first kappa shape index (κ1) is 14.7. The molecule has 0 unspecified atom stereocenters. The molecule has 1 aromatic rings. The van der Waals surface area contributed by atoms with Crippen LogP contribution in [0.3, 0.4) is 0 Å². The summed E-state index contributed by atoms with van der Waals surface area (Å²) in [6.07, 6.45) is 0. The molecule has 4 nitrogen and oxygen atoms in total. The Morgan fingerprint density at radius 3 is 2.50 bits per heavy atom. The first-order valence-corrected chi connectivity index (χ1v) is 4.27. The highest BCUT2D eigenvalue weighted by atomic mass is 35.5. The minimum Gasteiger partial charge on any atom is -0.497 e. The lowest BCUT2D eigenvalue weighted by atomic mass is 10.1. The SMILES string of the molecule is COC(=O)[C@H](N)c1ccc(OC)cc1F.Cl.